The summed E-state index contributed by atoms with van der Waals surface area (Å²) in [5, 5.41) is 3.20. The molecule has 0 spiro atoms. The molecule has 4 rings (SSSR count). The quantitative estimate of drug-likeness (QED) is 0.632. The van der Waals surface area contributed by atoms with Crippen LogP contribution in [-0.2, 0) is 16.0 Å². The van der Waals surface area contributed by atoms with Crippen LogP contribution in [-0.4, -0.2) is 25.5 Å². The molecule has 0 bridgehead atoms. The normalized spacial score (nSPS) is 16.7. The number of hydrogen-bond donors (Lipinski definition) is 1. The van der Waals surface area contributed by atoms with Gasteiger partial charge in [-0.25, -0.2) is 0 Å². The number of nitrogens with one attached hydrogen (secondary N) is 1. The molecule has 0 aliphatic carbocycles. The van der Waals surface area contributed by atoms with Crippen molar-refractivity contribution in [2.75, 3.05) is 18.6 Å². The second kappa shape index (κ2) is 9.47. The standard InChI is InChI=1S/C26H26N2O3/c1-31-23-14-12-22(13-15-23)28-18-21(17-25(28)29)26(30)27-24(20-10-6-3-7-11-20)16-19-8-4-2-5-9-19/h2-15,21,24H,16-18H2,1H3,(H,27,30). The minimum Gasteiger partial charge on any atom is -0.497 e. The van der Waals surface area contributed by atoms with Crippen molar-refractivity contribution in [1.82, 2.24) is 5.32 Å². The van der Waals surface area contributed by atoms with Gasteiger partial charge >= 0.3 is 0 Å². The Labute approximate surface area is 182 Å². The van der Waals surface area contributed by atoms with Crippen molar-refractivity contribution in [3.05, 3.63) is 96.1 Å². The second-order valence-electron chi connectivity index (χ2n) is 7.76. The van der Waals surface area contributed by atoms with Crippen molar-refractivity contribution in [3.8, 4) is 5.75 Å². The molecule has 1 fully saturated rings. The molecule has 5 nitrogen and oxygen atoms in total. The molecular formula is C26H26N2O3. The maximum absolute atomic E-state index is 13.1. The monoisotopic (exact) mass is 414 g/mol. The van der Waals surface area contributed by atoms with Crippen molar-refractivity contribution in [1.29, 1.82) is 0 Å². The topological polar surface area (TPSA) is 58.6 Å². The maximum atomic E-state index is 13.1. The smallest absolute Gasteiger partial charge is 0.227 e. The first kappa shape index (κ1) is 20.7. The zero-order chi connectivity index (χ0) is 21.6. The Morgan fingerprint density at radius 3 is 2.29 bits per heavy atom. The Hall–Kier alpha value is -3.60. The van der Waals surface area contributed by atoms with Crippen molar-refractivity contribution >= 4 is 17.5 Å². The zero-order valence-corrected chi connectivity index (χ0v) is 17.5. The van der Waals surface area contributed by atoms with Crippen LogP contribution in [0.5, 0.6) is 5.75 Å². The number of carbonyl (C=O) groups excluding carboxylic acids is 2. The van der Waals surface area contributed by atoms with Gasteiger partial charge in [0, 0.05) is 18.7 Å². The SMILES string of the molecule is COc1ccc(N2CC(C(=O)NC(Cc3ccccc3)c3ccccc3)CC2=O)cc1. The highest BCUT2D eigenvalue weighted by molar-refractivity contribution is 6.00. The second-order valence-corrected chi connectivity index (χ2v) is 7.76. The van der Waals surface area contributed by atoms with Crippen molar-refractivity contribution in [3.63, 3.8) is 0 Å². The molecule has 2 amide bonds. The third kappa shape index (κ3) is 4.94. The molecule has 31 heavy (non-hydrogen) atoms. The van der Waals surface area contributed by atoms with Crippen LogP contribution >= 0.6 is 0 Å². The lowest BCUT2D eigenvalue weighted by Gasteiger charge is -2.22. The molecule has 3 aromatic carbocycles. The Kier molecular flexibility index (Phi) is 6.32. The van der Waals surface area contributed by atoms with E-state index in [9.17, 15) is 9.59 Å². The third-order valence-corrected chi connectivity index (χ3v) is 5.68. The molecule has 2 atom stereocenters. The highest BCUT2D eigenvalue weighted by Crippen LogP contribution is 2.28. The molecular weight excluding hydrogens is 388 g/mol. The minimum atomic E-state index is -0.378. The van der Waals surface area contributed by atoms with Gasteiger partial charge in [-0.1, -0.05) is 60.7 Å². The first-order valence-corrected chi connectivity index (χ1v) is 10.5. The third-order valence-electron chi connectivity index (χ3n) is 5.68. The first-order valence-electron chi connectivity index (χ1n) is 10.5. The van der Waals surface area contributed by atoms with Gasteiger partial charge in [-0.15, -0.1) is 0 Å². The van der Waals surface area contributed by atoms with Gasteiger partial charge in [0.2, 0.25) is 11.8 Å². The van der Waals surface area contributed by atoms with Gasteiger partial charge in [0.25, 0.3) is 0 Å². The van der Waals surface area contributed by atoms with Gasteiger partial charge in [0.15, 0.2) is 0 Å². The van der Waals surface area contributed by atoms with Gasteiger partial charge in [0.05, 0.1) is 19.1 Å². The number of carbonyl (C=O) groups is 2. The van der Waals surface area contributed by atoms with Gasteiger partial charge in [-0.05, 0) is 41.8 Å². The van der Waals surface area contributed by atoms with E-state index in [1.165, 1.54) is 0 Å². The summed E-state index contributed by atoms with van der Waals surface area (Å²) < 4.78 is 5.19. The van der Waals surface area contributed by atoms with Crippen LogP contribution in [0.15, 0.2) is 84.9 Å². The summed E-state index contributed by atoms with van der Waals surface area (Å²) in [6.45, 7) is 0.379. The lowest BCUT2D eigenvalue weighted by molar-refractivity contribution is -0.127. The van der Waals surface area contributed by atoms with Crippen LogP contribution in [0.4, 0.5) is 5.69 Å². The highest BCUT2D eigenvalue weighted by Gasteiger charge is 2.36. The fourth-order valence-corrected chi connectivity index (χ4v) is 3.97. The zero-order valence-electron chi connectivity index (χ0n) is 17.5. The lowest BCUT2D eigenvalue weighted by atomic mass is 9.97. The molecule has 3 aromatic rings. The van der Waals surface area contributed by atoms with E-state index in [1.54, 1.807) is 12.0 Å². The number of hydrogen-bond acceptors (Lipinski definition) is 3. The fourth-order valence-electron chi connectivity index (χ4n) is 3.97. The predicted molar refractivity (Wildman–Crippen MR) is 121 cm³/mol. The number of rotatable bonds is 7. The van der Waals surface area contributed by atoms with Gasteiger partial charge < -0.3 is 15.0 Å². The number of benzene rings is 3. The summed E-state index contributed by atoms with van der Waals surface area (Å²) >= 11 is 0. The summed E-state index contributed by atoms with van der Waals surface area (Å²) in [6.07, 6.45) is 0.907. The highest BCUT2D eigenvalue weighted by atomic mass is 16.5. The summed E-state index contributed by atoms with van der Waals surface area (Å²) in [7, 11) is 1.61. The summed E-state index contributed by atoms with van der Waals surface area (Å²) in [5.41, 5.74) is 2.99. The van der Waals surface area contributed by atoms with Crippen LogP contribution in [0.1, 0.15) is 23.6 Å². The van der Waals surface area contributed by atoms with E-state index in [4.69, 9.17) is 4.74 Å². The van der Waals surface area contributed by atoms with Gasteiger partial charge in [-0.3, -0.25) is 9.59 Å². The van der Waals surface area contributed by atoms with E-state index < -0.39 is 0 Å². The van der Waals surface area contributed by atoms with Crippen LogP contribution in [0.3, 0.4) is 0 Å². The van der Waals surface area contributed by atoms with Crippen LogP contribution in [0.25, 0.3) is 0 Å². The average Bonchev–Trinajstić information content (AvgIpc) is 3.21. The Morgan fingerprint density at radius 2 is 1.65 bits per heavy atom. The van der Waals surface area contributed by atoms with Crippen LogP contribution in [0, 0.1) is 5.92 Å². The number of anilines is 1. The molecule has 0 saturated carbocycles. The molecule has 1 heterocycles. The van der Waals surface area contributed by atoms with Crippen molar-refractivity contribution in [2.45, 2.75) is 18.9 Å². The summed E-state index contributed by atoms with van der Waals surface area (Å²) in [4.78, 5) is 27.4. The van der Waals surface area contributed by atoms with Gasteiger partial charge in [0.1, 0.15) is 5.75 Å². The maximum Gasteiger partial charge on any atom is 0.227 e. The number of amides is 2. The van der Waals surface area contributed by atoms with Crippen LogP contribution in [0.2, 0.25) is 0 Å². The predicted octanol–water partition coefficient (Wildman–Crippen LogP) is 4.15. The largest absolute Gasteiger partial charge is 0.497 e. The van der Waals surface area contributed by atoms with Gasteiger partial charge in [-0.2, -0.15) is 0 Å². The van der Waals surface area contributed by atoms with E-state index in [0.29, 0.717) is 13.0 Å². The molecule has 1 aliphatic heterocycles. The van der Waals surface area contributed by atoms with E-state index in [1.807, 2.05) is 72.8 Å². The molecule has 1 aliphatic rings. The van der Waals surface area contributed by atoms with Crippen molar-refractivity contribution < 1.29 is 14.3 Å². The van der Waals surface area contributed by atoms with E-state index in [0.717, 1.165) is 22.6 Å². The lowest BCUT2D eigenvalue weighted by Crippen LogP contribution is -2.36. The van der Waals surface area contributed by atoms with E-state index in [-0.39, 0.29) is 30.2 Å². The number of methoxy groups -OCH3 is 1. The fraction of sp³-hybridized carbons (Fsp3) is 0.231. The molecule has 2 unspecified atom stereocenters. The molecule has 1 N–H and O–H groups in total. The summed E-state index contributed by atoms with van der Waals surface area (Å²) in [6, 6.07) is 27.3. The number of ether oxygens (including phenoxy) is 1. The Morgan fingerprint density at radius 1 is 1.00 bits per heavy atom. The van der Waals surface area contributed by atoms with E-state index in [2.05, 4.69) is 17.4 Å². The molecule has 5 heteroatoms. The van der Waals surface area contributed by atoms with Crippen LogP contribution < -0.4 is 15.0 Å². The molecule has 0 radical (unpaired) electrons. The van der Waals surface area contributed by atoms with Crippen molar-refractivity contribution in [2.24, 2.45) is 5.92 Å². The Balaban J connectivity index is 1.47. The summed E-state index contributed by atoms with van der Waals surface area (Å²) in [5.74, 6) is 0.228. The molecule has 0 aromatic heterocycles. The minimum absolute atomic E-state index is 0.0374. The first-order chi connectivity index (χ1) is 15.1. The Bertz CT molecular complexity index is 1020. The average molecular weight is 415 g/mol. The molecule has 1 saturated heterocycles. The molecule has 158 valence electrons. The van der Waals surface area contributed by atoms with E-state index >= 15 is 0 Å². The number of nitrogens with zero attached hydrogens (tertiary/aromatic N) is 1.